The van der Waals surface area contributed by atoms with Crippen LogP contribution in [0.3, 0.4) is 0 Å². The number of alkyl carbamates (subject to hydrolysis) is 1. The van der Waals surface area contributed by atoms with Gasteiger partial charge in [-0.05, 0) is 60.3 Å². The van der Waals surface area contributed by atoms with E-state index in [1.54, 1.807) is 0 Å². The summed E-state index contributed by atoms with van der Waals surface area (Å²) in [6.07, 6.45) is 3.09. The molecule has 5 rings (SSSR count). The van der Waals surface area contributed by atoms with Gasteiger partial charge in [0.05, 0.1) is 5.92 Å². The van der Waals surface area contributed by atoms with Gasteiger partial charge < -0.3 is 20.5 Å². The predicted octanol–water partition coefficient (Wildman–Crippen LogP) is 3.92. The smallest absolute Gasteiger partial charge is 0.407 e. The van der Waals surface area contributed by atoms with Gasteiger partial charge in [-0.3, -0.25) is 9.59 Å². The molecule has 3 N–H and O–H groups in total. The lowest BCUT2D eigenvalue weighted by Crippen LogP contribution is -2.41. The van der Waals surface area contributed by atoms with E-state index in [1.807, 2.05) is 24.3 Å². The number of carbonyl (C=O) groups is 3. The lowest BCUT2D eigenvalue weighted by Gasteiger charge is -2.28. The molecule has 2 fully saturated rings. The minimum absolute atomic E-state index is 0.000441. The second kappa shape index (κ2) is 9.49. The number of rotatable bonds is 7. The van der Waals surface area contributed by atoms with Crippen molar-refractivity contribution in [3.05, 3.63) is 59.7 Å². The first-order chi connectivity index (χ1) is 16.5. The third-order valence-corrected chi connectivity index (χ3v) is 7.54. The molecule has 0 aromatic heterocycles. The van der Waals surface area contributed by atoms with Crippen molar-refractivity contribution >= 4 is 18.0 Å². The highest BCUT2D eigenvalue weighted by Gasteiger charge is 2.43. The van der Waals surface area contributed by atoms with Crippen LogP contribution in [0.2, 0.25) is 0 Å². The molecular formula is C27H30N2O5. The van der Waals surface area contributed by atoms with Crippen LogP contribution in [0.25, 0.3) is 11.1 Å². The monoisotopic (exact) mass is 462 g/mol. The molecule has 2 saturated carbocycles. The zero-order chi connectivity index (χ0) is 23.7. The van der Waals surface area contributed by atoms with Gasteiger partial charge in [0.15, 0.2) is 0 Å². The quantitative estimate of drug-likeness (QED) is 0.579. The fourth-order valence-corrected chi connectivity index (χ4v) is 5.46. The summed E-state index contributed by atoms with van der Waals surface area (Å²) in [5.41, 5.74) is 4.76. The molecule has 0 bridgehead atoms. The van der Waals surface area contributed by atoms with Crippen molar-refractivity contribution in [2.24, 2.45) is 17.8 Å². The largest absolute Gasteiger partial charge is 0.481 e. The Hall–Kier alpha value is -3.35. The van der Waals surface area contributed by atoms with Crippen LogP contribution >= 0.6 is 0 Å². The average Bonchev–Trinajstić information content (AvgIpc) is 3.57. The number of carbonyl (C=O) groups excluding carboxylic acids is 2. The van der Waals surface area contributed by atoms with E-state index in [0.29, 0.717) is 25.8 Å². The van der Waals surface area contributed by atoms with E-state index >= 15 is 0 Å². The van der Waals surface area contributed by atoms with Crippen molar-refractivity contribution in [2.75, 3.05) is 13.2 Å². The van der Waals surface area contributed by atoms with Crippen LogP contribution in [0.5, 0.6) is 0 Å². The van der Waals surface area contributed by atoms with Crippen LogP contribution in [0, 0.1) is 17.8 Å². The van der Waals surface area contributed by atoms with Crippen molar-refractivity contribution in [2.45, 2.75) is 44.1 Å². The molecule has 2 aromatic carbocycles. The number of amides is 2. The van der Waals surface area contributed by atoms with Crippen molar-refractivity contribution in [1.29, 1.82) is 0 Å². The summed E-state index contributed by atoms with van der Waals surface area (Å²) in [4.78, 5) is 35.8. The van der Waals surface area contributed by atoms with Crippen LogP contribution in [0.15, 0.2) is 48.5 Å². The van der Waals surface area contributed by atoms with Crippen molar-refractivity contribution in [1.82, 2.24) is 10.6 Å². The van der Waals surface area contributed by atoms with E-state index in [9.17, 15) is 14.4 Å². The second-order valence-corrected chi connectivity index (χ2v) is 9.70. The normalized spacial score (nSPS) is 25.1. The van der Waals surface area contributed by atoms with E-state index in [4.69, 9.17) is 9.84 Å². The predicted molar refractivity (Wildman–Crippen MR) is 126 cm³/mol. The van der Waals surface area contributed by atoms with E-state index in [2.05, 4.69) is 34.9 Å². The number of carboxylic acids is 1. The van der Waals surface area contributed by atoms with Gasteiger partial charge in [-0.2, -0.15) is 0 Å². The van der Waals surface area contributed by atoms with Gasteiger partial charge in [0.2, 0.25) is 5.91 Å². The van der Waals surface area contributed by atoms with Crippen LogP contribution in [0.1, 0.15) is 49.1 Å². The van der Waals surface area contributed by atoms with Crippen molar-refractivity contribution in [3.63, 3.8) is 0 Å². The number of hydrogen-bond acceptors (Lipinski definition) is 4. The number of aliphatic carboxylic acids is 1. The minimum Gasteiger partial charge on any atom is -0.481 e. The van der Waals surface area contributed by atoms with Gasteiger partial charge in [0.1, 0.15) is 6.61 Å². The zero-order valence-electron chi connectivity index (χ0n) is 19.0. The maximum atomic E-state index is 12.5. The molecule has 2 amide bonds. The number of hydrogen-bond donors (Lipinski definition) is 3. The summed E-state index contributed by atoms with van der Waals surface area (Å²) in [5.74, 6) is -1.08. The van der Waals surface area contributed by atoms with Crippen molar-refractivity contribution < 1.29 is 24.2 Å². The summed E-state index contributed by atoms with van der Waals surface area (Å²) in [6.45, 7) is 0.726. The molecule has 0 heterocycles. The van der Waals surface area contributed by atoms with E-state index in [0.717, 1.165) is 12.8 Å². The Bertz CT molecular complexity index is 1050. The third kappa shape index (κ3) is 4.65. The van der Waals surface area contributed by atoms with Gasteiger partial charge >= 0.3 is 12.1 Å². The Kier molecular flexibility index (Phi) is 6.26. The molecule has 2 unspecified atom stereocenters. The Morgan fingerprint density at radius 3 is 2.12 bits per heavy atom. The summed E-state index contributed by atoms with van der Waals surface area (Å²) in [7, 11) is 0. The molecule has 34 heavy (non-hydrogen) atoms. The third-order valence-electron chi connectivity index (χ3n) is 7.54. The van der Waals surface area contributed by atoms with Gasteiger partial charge in [0.25, 0.3) is 0 Å². The highest BCUT2D eigenvalue weighted by atomic mass is 16.5. The molecule has 0 aliphatic heterocycles. The van der Waals surface area contributed by atoms with E-state index < -0.39 is 12.1 Å². The van der Waals surface area contributed by atoms with Crippen LogP contribution < -0.4 is 10.6 Å². The molecule has 0 saturated heterocycles. The SMILES string of the molecule is O=C(NC1CCC(C(=O)NCC2CC2C(=O)O)CC1)OCC1c2ccccc2-c2ccccc21. The standard InChI is InChI=1S/C27H30N2O5/c30-25(28-14-17-13-23(17)26(31)32)16-9-11-18(12-10-16)29-27(33)34-15-24-21-7-3-1-5-19(21)20-6-2-4-8-22(20)24/h1-8,16-18,23-24H,9-15H2,(H,28,30)(H,29,33)(H,31,32). The molecule has 2 aromatic rings. The Balaban J connectivity index is 1.06. The number of nitrogens with one attached hydrogen (secondary N) is 2. The number of fused-ring (bicyclic) bond motifs is 3. The van der Waals surface area contributed by atoms with Gasteiger partial charge in [0, 0.05) is 24.4 Å². The topological polar surface area (TPSA) is 105 Å². The summed E-state index contributed by atoms with van der Waals surface area (Å²) in [5, 5.41) is 14.8. The minimum atomic E-state index is -0.779. The first kappa shape index (κ1) is 22.4. The molecule has 3 aliphatic carbocycles. The lowest BCUT2D eigenvalue weighted by atomic mass is 9.85. The Labute approximate surface area is 198 Å². The summed E-state index contributed by atoms with van der Waals surface area (Å²) >= 11 is 0. The van der Waals surface area contributed by atoms with Crippen molar-refractivity contribution in [3.8, 4) is 11.1 Å². The second-order valence-electron chi connectivity index (χ2n) is 9.70. The highest BCUT2D eigenvalue weighted by Crippen LogP contribution is 2.44. The molecule has 178 valence electrons. The summed E-state index contributed by atoms with van der Waals surface area (Å²) < 4.78 is 5.64. The molecule has 7 nitrogen and oxygen atoms in total. The van der Waals surface area contributed by atoms with Gasteiger partial charge in [-0.25, -0.2) is 4.79 Å². The Morgan fingerprint density at radius 2 is 1.53 bits per heavy atom. The molecule has 0 radical (unpaired) electrons. The summed E-state index contributed by atoms with van der Waals surface area (Å²) in [6, 6.07) is 16.5. The fourth-order valence-electron chi connectivity index (χ4n) is 5.46. The van der Waals surface area contributed by atoms with Crippen LogP contribution in [-0.4, -0.2) is 42.3 Å². The molecule has 0 spiro atoms. The molecule has 7 heteroatoms. The molecular weight excluding hydrogens is 432 g/mol. The van der Waals surface area contributed by atoms with Crippen LogP contribution in [0.4, 0.5) is 4.79 Å². The van der Waals surface area contributed by atoms with E-state index in [-0.39, 0.29) is 42.2 Å². The number of carboxylic acid groups (broad SMARTS) is 1. The average molecular weight is 463 g/mol. The Morgan fingerprint density at radius 1 is 0.912 bits per heavy atom. The van der Waals surface area contributed by atoms with E-state index in [1.165, 1.54) is 22.3 Å². The molecule has 2 atom stereocenters. The first-order valence-corrected chi connectivity index (χ1v) is 12.1. The maximum absolute atomic E-state index is 12.5. The maximum Gasteiger partial charge on any atom is 0.407 e. The van der Waals surface area contributed by atoms with Crippen LogP contribution in [-0.2, 0) is 14.3 Å². The molecule has 3 aliphatic rings. The fraction of sp³-hybridized carbons (Fsp3) is 0.444. The highest BCUT2D eigenvalue weighted by molar-refractivity contribution is 5.80. The lowest BCUT2D eigenvalue weighted by molar-refractivity contribution is -0.139. The number of benzene rings is 2. The zero-order valence-corrected chi connectivity index (χ0v) is 19.0. The first-order valence-electron chi connectivity index (χ1n) is 12.1. The van der Waals surface area contributed by atoms with Gasteiger partial charge in [-0.15, -0.1) is 0 Å². The van der Waals surface area contributed by atoms with Gasteiger partial charge in [-0.1, -0.05) is 48.5 Å². The number of ether oxygens (including phenoxy) is 1.